The summed E-state index contributed by atoms with van der Waals surface area (Å²) in [6.07, 6.45) is 1.01. The number of anilines is 1. The molecular weight excluding hydrogens is 535 g/mol. The van der Waals surface area contributed by atoms with E-state index in [4.69, 9.17) is 4.43 Å². The van der Waals surface area contributed by atoms with Crippen LogP contribution in [0.3, 0.4) is 0 Å². The molecule has 0 amide bonds. The van der Waals surface area contributed by atoms with Crippen LogP contribution in [0, 0.1) is 0 Å². The third-order valence-corrected chi connectivity index (χ3v) is 15.0. The summed E-state index contributed by atoms with van der Waals surface area (Å²) in [5, 5.41) is 0.201. The molecule has 41 heavy (non-hydrogen) atoms. The van der Waals surface area contributed by atoms with Crippen molar-refractivity contribution >= 4 is 31.3 Å². The van der Waals surface area contributed by atoms with E-state index in [0.29, 0.717) is 5.92 Å². The molecule has 4 aromatic carbocycles. The molecule has 6 rings (SSSR count). The lowest BCUT2D eigenvalue weighted by Crippen LogP contribution is -2.41. The van der Waals surface area contributed by atoms with Crippen molar-refractivity contribution in [1.29, 1.82) is 0 Å². The van der Waals surface area contributed by atoms with Gasteiger partial charge in [-0.25, -0.2) is 0 Å². The van der Waals surface area contributed by atoms with Crippen LogP contribution in [0.15, 0.2) is 125 Å². The molecule has 3 atom stereocenters. The Bertz CT molecular complexity index is 1510. The molecule has 0 N–H and O–H groups in total. The molecule has 2 aliphatic heterocycles. The highest BCUT2D eigenvalue weighted by molar-refractivity contribution is 8.03. The molecule has 0 unspecified atom stereocenters. The van der Waals surface area contributed by atoms with Gasteiger partial charge in [-0.2, -0.15) is 0 Å². The second kappa shape index (κ2) is 11.3. The third kappa shape index (κ3) is 5.34. The maximum atomic E-state index is 6.79. The van der Waals surface area contributed by atoms with E-state index in [1.807, 2.05) is 11.8 Å². The standard InChI is InChI=1S/C37H41NOSSi/c1-37(2,3)41(4,5)39-26-25-31-30-23-15-16-24-32(30)38-34(28-19-11-7-12-20-28)36(40-29-21-13-8-14-22-29)33(35(31)38)27-17-9-6-10-18-27/h6-24,31,34-35H,25-26H2,1-5H3/t31-,34-,35-/m1/s1. The fourth-order valence-corrected chi connectivity index (χ4v) is 8.50. The number of fused-ring (bicyclic) bond motifs is 3. The minimum absolute atomic E-state index is 0.147. The molecule has 4 aromatic rings. The molecule has 2 heterocycles. The Morgan fingerprint density at radius 2 is 1.34 bits per heavy atom. The third-order valence-electron chi connectivity index (χ3n) is 9.25. The molecule has 210 valence electrons. The summed E-state index contributed by atoms with van der Waals surface area (Å²) >= 11 is 1.94. The molecule has 0 saturated carbocycles. The average Bonchev–Trinajstić information content (AvgIpc) is 3.46. The number of para-hydroxylation sites is 1. The molecule has 2 nitrogen and oxygen atoms in total. The largest absolute Gasteiger partial charge is 0.417 e. The van der Waals surface area contributed by atoms with Crippen LogP contribution in [-0.4, -0.2) is 21.0 Å². The van der Waals surface area contributed by atoms with Gasteiger partial charge in [0.25, 0.3) is 0 Å². The van der Waals surface area contributed by atoms with Crippen LogP contribution in [-0.2, 0) is 4.43 Å². The lowest BCUT2D eigenvalue weighted by atomic mass is 9.85. The van der Waals surface area contributed by atoms with Crippen molar-refractivity contribution in [3.63, 3.8) is 0 Å². The van der Waals surface area contributed by atoms with Crippen molar-refractivity contribution in [2.24, 2.45) is 0 Å². The Balaban J connectivity index is 1.50. The zero-order chi connectivity index (χ0) is 28.6. The zero-order valence-electron chi connectivity index (χ0n) is 24.9. The van der Waals surface area contributed by atoms with Gasteiger partial charge in [-0.05, 0) is 65.0 Å². The van der Waals surface area contributed by atoms with Crippen LogP contribution < -0.4 is 4.90 Å². The SMILES string of the molecule is CC(C)(C)[Si](C)(C)OCC[C@@H]1c2ccccc2N2[C@H](c3ccccc3)C(Sc3ccccc3)=C(c3ccccc3)[C@@H]12. The number of hydrogen-bond acceptors (Lipinski definition) is 3. The van der Waals surface area contributed by atoms with Gasteiger partial charge >= 0.3 is 0 Å². The van der Waals surface area contributed by atoms with Gasteiger partial charge in [0, 0.05) is 28.0 Å². The first-order chi connectivity index (χ1) is 19.8. The molecule has 0 fully saturated rings. The predicted octanol–water partition coefficient (Wildman–Crippen LogP) is 10.3. The van der Waals surface area contributed by atoms with Crippen molar-refractivity contribution in [2.45, 2.75) is 68.2 Å². The first-order valence-electron chi connectivity index (χ1n) is 14.8. The topological polar surface area (TPSA) is 12.5 Å². The lowest BCUT2D eigenvalue weighted by molar-refractivity contribution is 0.270. The summed E-state index contributed by atoms with van der Waals surface area (Å²) in [7, 11) is -1.84. The summed E-state index contributed by atoms with van der Waals surface area (Å²) in [6.45, 7) is 12.5. The maximum Gasteiger partial charge on any atom is 0.191 e. The second-order valence-electron chi connectivity index (χ2n) is 12.8. The molecule has 0 aromatic heterocycles. The summed E-state index contributed by atoms with van der Waals surface area (Å²) in [6, 6.07) is 42.6. The van der Waals surface area contributed by atoms with Gasteiger partial charge in [-0.3, -0.25) is 0 Å². The van der Waals surface area contributed by atoms with E-state index in [0.717, 1.165) is 13.0 Å². The van der Waals surface area contributed by atoms with Gasteiger partial charge < -0.3 is 9.33 Å². The first-order valence-corrected chi connectivity index (χ1v) is 18.6. The van der Waals surface area contributed by atoms with Crippen LogP contribution in [0.4, 0.5) is 5.69 Å². The number of nitrogens with zero attached hydrogens (tertiary/aromatic N) is 1. The quantitative estimate of drug-likeness (QED) is 0.194. The Kier molecular flexibility index (Phi) is 7.75. The number of hydrogen-bond donors (Lipinski definition) is 0. The van der Waals surface area contributed by atoms with Gasteiger partial charge in [0.15, 0.2) is 8.32 Å². The minimum atomic E-state index is -1.84. The van der Waals surface area contributed by atoms with Crippen LogP contribution in [0.25, 0.3) is 5.57 Å². The smallest absolute Gasteiger partial charge is 0.191 e. The highest BCUT2D eigenvalue weighted by atomic mass is 32.2. The van der Waals surface area contributed by atoms with Gasteiger partial charge in [0.1, 0.15) is 0 Å². The molecule has 0 radical (unpaired) electrons. The average molecular weight is 576 g/mol. The van der Waals surface area contributed by atoms with Crippen molar-refractivity contribution in [2.75, 3.05) is 11.5 Å². The Morgan fingerprint density at radius 3 is 2.00 bits per heavy atom. The van der Waals surface area contributed by atoms with E-state index in [1.54, 1.807) is 0 Å². The van der Waals surface area contributed by atoms with E-state index in [2.05, 4.69) is 154 Å². The maximum absolute atomic E-state index is 6.79. The van der Waals surface area contributed by atoms with E-state index < -0.39 is 8.32 Å². The predicted molar refractivity (Wildman–Crippen MR) is 178 cm³/mol. The van der Waals surface area contributed by atoms with Crippen molar-refractivity contribution in [3.8, 4) is 0 Å². The van der Waals surface area contributed by atoms with Crippen LogP contribution >= 0.6 is 11.8 Å². The highest BCUT2D eigenvalue weighted by Crippen LogP contribution is 2.61. The van der Waals surface area contributed by atoms with E-state index in [9.17, 15) is 0 Å². The van der Waals surface area contributed by atoms with Crippen molar-refractivity contribution in [1.82, 2.24) is 0 Å². The first kappa shape index (κ1) is 28.1. The fraction of sp³-hybridized carbons (Fsp3) is 0.297. The van der Waals surface area contributed by atoms with E-state index in [1.165, 1.54) is 37.8 Å². The Morgan fingerprint density at radius 1 is 0.756 bits per heavy atom. The fourth-order valence-electron chi connectivity index (χ4n) is 6.18. The molecule has 0 saturated heterocycles. The lowest BCUT2D eigenvalue weighted by Gasteiger charge is -2.37. The molecule has 0 aliphatic carbocycles. The second-order valence-corrected chi connectivity index (χ2v) is 18.7. The number of rotatable bonds is 8. The van der Waals surface area contributed by atoms with Crippen molar-refractivity contribution in [3.05, 3.63) is 137 Å². The Hall–Kier alpha value is -3.05. The zero-order valence-corrected chi connectivity index (χ0v) is 26.7. The van der Waals surface area contributed by atoms with E-state index >= 15 is 0 Å². The van der Waals surface area contributed by atoms with Crippen LogP contribution in [0.1, 0.15) is 55.8 Å². The van der Waals surface area contributed by atoms with Gasteiger partial charge in [0.2, 0.25) is 0 Å². The summed E-state index contributed by atoms with van der Waals surface area (Å²) in [5.41, 5.74) is 6.94. The molecule has 4 heteroatoms. The monoisotopic (exact) mass is 575 g/mol. The van der Waals surface area contributed by atoms with Gasteiger partial charge in [0.05, 0.1) is 12.1 Å². The van der Waals surface area contributed by atoms with Crippen LogP contribution in [0.5, 0.6) is 0 Å². The molecule has 2 aliphatic rings. The summed E-state index contributed by atoms with van der Waals surface area (Å²) in [4.78, 5) is 5.45. The highest BCUT2D eigenvalue weighted by Gasteiger charge is 2.51. The van der Waals surface area contributed by atoms with E-state index in [-0.39, 0.29) is 17.1 Å². The minimum Gasteiger partial charge on any atom is -0.417 e. The van der Waals surface area contributed by atoms with Crippen molar-refractivity contribution < 1.29 is 4.43 Å². The number of thioether (sulfide) groups is 1. The molecule has 0 spiro atoms. The molecule has 0 bridgehead atoms. The Labute approximate surface area is 251 Å². The number of benzene rings is 4. The molecular formula is C37H41NOSSi. The normalized spacial score (nSPS) is 20.3. The summed E-state index contributed by atoms with van der Waals surface area (Å²) in [5.74, 6) is 0.353. The summed E-state index contributed by atoms with van der Waals surface area (Å²) < 4.78 is 6.79. The van der Waals surface area contributed by atoms with Gasteiger partial charge in [-0.1, -0.05) is 130 Å². The van der Waals surface area contributed by atoms with Crippen LogP contribution in [0.2, 0.25) is 18.1 Å². The van der Waals surface area contributed by atoms with Gasteiger partial charge in [-0.15, -0.1) is 0 Å².